The van der Waals surface area contributed by atoms with E-state index in [1.807, 2.05) is 18.3 Å². The Balaban J connectivity index is 1.81. The molecule has 0 spiro atoms. The average molecular weight is 349 g/mol. The quantitative estimate of drug-likeness (QED) is 0.765. The van der Waals surface area contributed by atoms with Crippen LogP contribution in [0.25, 0.3) is 5.65 Å². The Kier molecular flexibility index (Phi) is 3.58. The molecule has 4 rings (SSSR count). The van der Waals surface area contributed by atoms with E-state index in [9.17, 15) is 5.11 Å². The Morgan fingerprint density at radius 3 is 2.15 bits per heavy atom. The summed E-state index contributed by atoms with van der Waals surface area (Å²) in [6.45, 7) is 10.3. The third-order valence-corrected chi connectivity index (χ3v) is 5.58. The van der Waals surface area contributed by atoms with Crippen LogP contribution in [0.15, 0.2) is 42.6 Å². The molecule has 0 radical (unpaired) electrons. The molecular weight excluding hydrogens is 322 g/mol. The van der Waals surface area contributed by atoms with Crippen LogP contribution in [0.5, 0.6) is 0 Å². The second-order valence-corrected chi connectivity index (χ2v) is 9.11. The van der Waals surface area contributed by atoms with Crippen LogP contribution in [0.4, 0.5) is 0 Å². The molecule has 26 heavy (non-hydrogen) atoms. The smallest absolute Gasteiger partial charge is 0.166 e. The molecule has 1 N–H and O–H groups in total. The highest BCUT2D eigenvalue weighted by Gasteiger charge is 2.50. The zero-order valence-corrected chi connectivity index (χ0v) is 16.2. The molecule has 0 bridgehead atoms. The van der Waals surface area contributed by atoms with E-state index in [-0.39, 0.29) is 10.8 Å². The Morgan fingerprint density at radius 1 is 0.962 bits per heavy atom. The first-order chi connectivity index (χ1) is 12.1. The van der Waals surface area contributed by atoms with E-state index in [0.717, 1.165) is 29.9 Å². The van der Waals surface area contributed by atoms with Gasteiger partial charge in [-0.15, -0.1) is 10.2 Å². The molecule has 2 heterocycles. The van der Waals surface area contributed by atoms with E-state index in [2.05, 4.69) is 59.6 Å². The zero-order chi connectivity index (χ0) is 18.7. The maximum absolute atomic E-state index is 10.5. The molecule has 1 aliphatic rings. The Hall–Kier alpha value is -2.20. The monoisotopic (exact) mass is 349 g/mol. The minimum absolute atomic E-state index is 0.0615. The Morgan fingerprint density at radius 2 is 1.62 bits per heavy atom. The third-order valence-electron chi connectivity index (χ3n) is 5.58. The van der Waals surface area contributed by atoms with Crippen molar-refractivity contribution in [1.82, 2.24) is 14.6 Å². The topological polar surface area (TPSA) is 50.4 Å². The van der Waals surface area contributed by atoms with Gasteiger partial charge in [-0.2, -0.15) is 0 Å². The number of pyridine rings is 1. The SMILES string of the molecule is CC(C)(C)c1ccc(C2(c3nnc4c(C(C)(C)O)cccn34)CC2)cc1. The highest BCUT2D eigenvalue weighted by Crippen LogP contribution is 2.53. The van der Waals surface area contributed by atoms with Crippen LogP contribution in [-0.2, 0) is 16.4 Å². The molecule has 4 nitrogen and oxygen atoms in total. The van der Waals surface area contributed by atoms with Crippen molar-refractivity contribution in [2.75, 3.05) is 0 Å². The minimum atomic E-state index is -0.947. The number of hydrogen-bond donors (Lipinski definition) is 1. The van der Waals surface area contributed by atoms with E-state index in [1.54, 1.807) is 13.8 Å². The molecule has 3 aromatic rings. The lowest BCUT2D eigenvalue weighted by Gasteiger charge is -2.21. The van der Waals surface area contributed by atoms with Crippen molar-refractivity contribution < 1.29 is 5.11 Å². The second kappa shape index (κ2) is 5.40. The van der Waals surface area contributed by atoms with Gasteiger partial charge in [0.25, 0.3) is 0 Å². The van der Waals surface area contributed by atoms with Crippen LogP contribution < -0.4 is 0 Å². The zero-order valence-electron chi connectivity index (χ0n) is 16.2. The van der Waals surface area contributed by atoms with Gasteiger partial charge >= 0.3 is 0 Å². The average Bonchev–Trinajstić information content (AvgIpc) is 3.25. The molecule has 136 valence electrons. The molecule has 0 amide bonds. The van der Waals surface area contributed by atoms with Crippen molar-refractivity contribution in [1.29, 1.82) is 0 Å². The van der Waals surface area contributed by atoms with Crippen molar-refractivity contribution in [2.45, 2.75) is 63.9 Å². The van der Waals surface area contributed by atoms with Gasteiger partial charge in [0, 0.05) is 11.8 Å². The van der Waals surface area contributed by atoms with E-state index in [0.29, 0.717) is 0 Å². The lowest BCUT2D eigenvalue weighted by Crippen LogP contribution is -2.18. The number of benzene rings is 1. The predicted molar refractivity (Wildman–Crippen MR) is 103 cm³/mol. The van der Waals surface area contributed by atoms with Crippen LogP contribution in [0.3, 0.4) is 0 Å². The molecule has 1 aromatic carbocycles. The van der Waals surface area contributed by atoms with Gasteiger partial charge in [0.05, 0.1) is 11.0 Å². The van der Waals surface area contributed by atoms with Crippen molar-refractivity contribution in [3.63, 3.8) is 0 Å². The second-order valence-electron chi connectivity index (χ2n) is 9.11. The molecule has 1 saturated carbocycles. The molecule has 0 aliphatic heterocycles. The van der Waals surface area contributed by atoms with Gasteiger partial charge in [-0.3, -0.25) is 4.40 Å². The largest absolute Gasteiger partial charge is 0.386 e. The van der Waals surface area contributed by atoms with Crippen molar-refractivity contribution >= 4 is 5.65 Å². The van der Waals surface area contributed by atoms with Crippen LogP contribution in [0, 0.1) is 0 Å². The van der Waals surface area contributed by atoms with Crippen molar-refractivity contribution in [2.24, 2.45) is 0 Å². The van der Waals surface area contributed by atoms with Crippen LogP contribution in [0.1, 0.15) is 70.0 Å². The molecular formula is C22H27N3O. The maximum Gasteiger partial charge on any atom is 0.166 e. The molecule has 0 unspecified atom stereocenters. The Labute approximate surface area is 154 Å². The number of fused-ring (bicyclic) bond motifs is 1. The van der Waals surface area contributed by atoms with Gasteiger partial charge in [0.1, 0.15) is 5.82 Å². The third kappa shape index (κ3) is 2.64. The van der Waals surface area contributed by atoms with Gasteiger partial charge in [-0.05, 0) is 49.3 Å². The number of aromatic nitrogens is 3. The molecule has 0 atom stereocenters. The van der Waals surface area contributed by atoms with Gasteiger partial charge < -0.3 is 5.11 Å². The summed E-state index contributed by atoms with van der Waals surface area (Å²) >= 11 is 0. The standard InChI is InChI=1S/C22H27N3O/c1-20(2,3)15-8-10-16(11-9-15)22(12-13-22)19-24-23-18-17(21(4,5)26)7-6-14-25(18)19/h6-11,14,26H,12-13H2,1-5H3. The fraction of sp³-hybridized carbons (Fsp3) is 0.455. The number of rotatable bonds is 3. The number of hydrogen-bond acceptors (Lipinski definition) is 3. The fourth-order valence-electron chi connectivity index (χ4n) is 3.78. The van der Waals surface area contributed by atoms with Crippen molar-refractivity contribution in [3.05, 3.63) is 65.1 Å². The lowest BCUT2D eigenvalue weighted by atomic mass is 9.85. The van der Waals surface area contributed by atoms with E-state index < -0.39 is 5.60 Å². The highest BCUT2D eigenvalue weighted by molar-refractivity contribution is 5.53. The first-order valence-electron chi connectivity index (χ1n) is 9.31. The summed E-state index contributed by atoms with van der Waals surface area (Å²) in [5, 5.41) is 19.4. The lowest BCUT2D eigenvalue weighted by molar-refractivity contribution is 0.0796. The van der Waals surface area contributed by atoms with Gasteiger partial charge in [0.2, 0.25) is 0 Å². The molecule has 1 aliphatic carbocycles. The first-order valence-corrected chi connectivity index (χ1v) is 9.31. The normalized spacial score (nSPS) is 16.8. The van der Waals surface area contributed by atoms with E-state index in [1.165, 1.54) is 11.1 Å². The fourth-order valence-corrected chi connectivity index (χ4v) is 3.78. The van der Waals surface area contributed by atoms with Gasteiger partial charge in [-0.25, -0.2) is 0 Å². The highest BCUT2D eigenvalue weighted by atomic mass is 16.3. The number of aliphatic hydroxyl groups is 1. The van der Waals surface area contributed by atoms with Crippen LogP contribution >= 0.6 is 0 Å². The van der Waals surface area contributed by atoms with Crippen LogP contribution in [0.2, 0.25) is 0 Å². The van der Waals surface area contributed by atoms with E-state index in [4.69, 9.17) is 0 Å². The molecule has 1 fully saturated rings. The van der Waals surface area contributed by atoms with Gasteiger partial charge in [-0.1, -0.05) is 51.1 Å². The van der Waals surface area contributed by atoms with E-state index >= 15 is 0 Å². The molecule has 0 saturated heterocycles. The first kappa shape index (κ1) is 17.2. The Bertz CT molecular complexity index is 952. The van der Waals surface area contributed by atoms with Crippen molar-refractivity contribution in [3.8, 4) is 0 Å². The maximum atomic E-state index is 10.5. The summed E-state index contributed by atoms with van der Waals surface area (Å²) < 4.78 is 2.05. The summed E-state index contributed by atoms with van der Waals surface area (Å²) in [4.78, 5) is 0. The summed E-state index contributed by atoms with van der Waals surface area (Å²) in [6.07, 6.45) is 4.16. The number of nitrogens with zero attached hydrogens (tertiary/aromatic N) is 3. The summed E-state index contributed by atoms with van der Waals surface area (Å²) in [5.74, 6) is 0.974. The molecule has 2 aromatic heterocycles. The summed E-state index contributed by atoms with van der Waals surface area (Å²) in [5.41, 5.74) is 3.33. The summed E-state index contributed by atoms with van der Waals surface area (Å²) in [6, 6.07) is 12.8. The summed E-state index contributed by atoms with van der Waals surface area (Å²) in [7, 11) is 0. The predicted octanol–water partition coefficient (Wildman–Crippen LogP) is 4.33. The van der Waals surface area contributed by atoms with Crippen LogP contribution in [-0.4, -0.2) is 19.7 Å². The van der Waals surface area contributed by atoms with Gasteiger partial charge in [0.15, 0.2) is 5.65 Å². The molecule has 4 heteroatoms. The minimum Gasteiger partial charge on any atom is -0.386 e.